The van der Waals surface area contributed by atoms with Crippen molar-refractivity contribution >= 4 is 9.28 Å². The molecule has 0 N–H and O–H groups in total. The summed E-state index contributed by atoms with van der Waals surface area (Å²) in [7, 11) is 2.43. The molecule has 3 heteroatoms. The quantitative estimate of drug-likeness (QED) is 0.670. The Bertz CT molecular complexity index is 373. The molecule has 0 aliphatic carbocycles. The minimum atomic E-state index is -1.06. The Labute approximate surface area is 120 Å². The molecule has 19 heavy (non-hydrogen) atoms. The summed E-state index contributed by atoms with van der Waals surface area (Å²) in [5.41, 5.74) is 3.25. The Morgan fingerprint density at radius 3 is 2.16 bits per heavy atom. The highest BCUT2D eigenvalue weighted by molar-refractivity contribution is 6.44. The molecule has 0 saturated heterocycles. The van der Waals surface area contributed by atoms with Gasteiger partial charge in [-0.3, -0.25) is 0 Å². The lowest BCUT2D eigenvalue weighted by molar-refractivity contribution is 0.262. The second-order valence-corrected chi connectivity index (χ2v) is 7.80. The molecule has 0 aliphatic rings. The molecular formula is C16H27O2Si. The summed E-state index contributed by atoms with van der Waals surface area (Å²) >= 11 is 0. The topological polar surface area (TPSA) is 18.5 Å². The van der Waals surface area contributed by atoms with Crippen molar-refractivity contribution < 1.29 is 8.85 Å². The van der Waals surface area contributed by atoms with Crippen LogP contribution in [0.4, 0.5) is 0 Å². The molecule has 1 aromatic carbocycles. The van der Waals surface area contributed by atoms with Gasteiger partial charge < -0.3 is 8.85 Å². The van der Waals surface area contributed by atoms with Crippen LogP contribution in [0.5, 0.6) is 0 Å². The average Bonchev–Trinajstić information content (AvgIpc) is 2.40. The second kappa shape index (κ2) is 7.83. The molecule has 0 aliphatic heterocycles. The first-order valence-corrected chi connectivity index (χ1v) is 8.55. The smallest absolute Gasteiger partial charge is 0.384 e. The SMILES string of the molecule is CCc1ccccc1CC(C)(C)CC[Si](OC)OC. The highest BCUT2D eigenvalue weighted by Gasteiger charge is 2.23. The van der Waals surface area contributed by atoms with Crippen molar-refractivity contribution in [3.8, 4) is 0 Å². The van der Waals surface area contributed by atoms with Crippen LogP contribution in [0.1, 0.15) is 38.3 Å². The summed E-state index contributed by atoms with van der Waals surface area (Å²) in [5.74, 6) is 0. The maximum absolute atomic E-state index is 5.37. The predicted molar refractivity (Wildman–Crippen MR) is 82.5 cm³/mol. The van der Waals surface area contributed by atoms with Crippen molar-refractivity contribution in [2.45, 2.75) is 46.1 Å². The molecule has 0 amide bonds. The van der Waals surface area contributed by atoms with Gasteiger partial charge in [-0.2, -0.15) is 0 Å². The van der Waals surface area contributed by atoms with E-state index in [4.69, 9.17) is 8.85 Å². The van der Waals surface area contributed by atoms with E-state index in [1.807, 2.05) is 0 Å². The monoisotopic (exact) mass is 279 g/mol. The fourth-order valence-electron chi connectivity index (χ4n) is 2.41. The second-order valence-electron chi connectivity index (χ2n) is 5.74. The van der Waals surface area contributed by atoms with Gasteiger partial charge in [-0.15, -0.1) is 0 Å². The Kier molecular flexibility index (Phi) is 6.76. The van der Waals surface area contributed by atoms with Crippen molar-refractivity contribution in [1.82, 2.24) is 0 Å². The van der Waals surface area contributed by atoms with Gasteiger partial charge in [0.05, 0.1) is 0 Å². The van der Waals surface area contributed by atoms with Crippen LogP contribution in [0.25, 0.3) is 0 Å². The van der Waals surface area contributed by atoms with E-state index in [0.29, 0.717) is 0 Å². The minimum absolute atomic E-state index is 0.290. The molecule has 0 atom stereocenters. The molecule has 0 saturated carbocycles. The normalized spacial score (nSPS) is 12.1. The van der Waals surface area contributed by atoms with Crippen LogP contribution in [0.3, 0.4) is 0 Å². The number of hydrogen-bond acceptors (Lipinski definition) is 2. The molecule has 1 rings (SSSR count). The third kappa shape index (κ3) is 5.47. The Morgan fingerprint density at radius 2 is 1.63 bits per heavy atom. The van der Waals surface area contributed by atoms with Crippen LogP contribution in [-0.4, -0.2) is 23.5 Å². The molecule has 0 aromatic heterocycles. The van der Waals surface area contributed by atoms with Crippen molar-refractivity contribution in [1.29, 1.82) is 0 Å². The number of hydrogen-bond donors (Lipinski definition) is 0. The highest BCUT2D eigenvalue weighted by Crippen LogP contribution is 2.30. The maximum atomic E-state index is 5.37. The van der Waals surface area contributed by atoms with Crippen LogP contribution < -0.4 is 0 Å². The fourth-order valence-corrected chi connectivity index (χ4v) is 3.86. The first kappa shape index (κ1) is 16.4. The van der Waals surface area contributed by atoms with Gasteiger partial charge in [0, 0.05) is 14.2 Å². The zero-order valence-corrected chi connectivity index (χ0v) is 14.0. The van der Waals surface area contributed by atoms with E-state index >= 15 is 0 Å². The van der Waals surface area contributed by atoms with Gasteiger partial charge in [-0.1, -0.05) is 45.0 Å². The summed E-state index contributed by atoms with van der Waals surface area (Å²) in [4.78, 5) is 0. The van der Waals surface area contributed by atoms with Gasteiger partial charge in [0.15, 0.2) is 0 Å². The largest absolute Gasteiger partial charge is 0.397 e. The van der Waals surface area contributed by atoms with Crippen molar-refractivity contribution in [2.75, 3.05) is 14.2 Å². The van der Waals surface area contributed by atoms with E-state index in [1.165, 1.54) is 11.1 Å². The summed E-state index contributed by atoms with van der Waals surface area (Å²) in [5, 5.41) is 0. The van der Waals surface area contributed by atoms with Gasteiger partial charge in [0.25, 0.3) is 0 Å². The molecule has 0 unspecified atom stereocenters. The number of aryl methyl sites for hydroxylation is 1. The standard InChI is InChI=1S/C16H27O2Si/c1-6-14-9-7-8-10-15(14)13-16(2,3)11-12-19(17-4)18-5/h7-10H,6,11-13H2,1-5H3. The lowest BCUT2D eigenvalue weighted by Gasteiger charge is -2.26. The first-order chi connectivity index (χ1) is 9.02. The minimum Gasteiger partial charge on any atom is -0.397 e. The number of rotatable bonds is 8. The average molecular weight is 279 g/mol. The summed E-state index contributed by atoms with van der Waals surface area (Å²) in [6, 6.07) is 9.82. The predicted octanol–water partition coefficient (Wildman–Crippen LogP) is 3.99. The third-order valence-corrected chi connectivity index (χ3v) is 5.20. The van der Waals surface area contributed by atoms with Crippen LogP contribution >= 0.6 is 0 Å². The molecule has 0 fully saturated rings. The van der Waals surface area contributed by atoms with E-state index < -0.39 is 9.28 Å². The fraction of sp³-hybridized carbons (Fsp3) is 0.625. The zero-order valence-electron chi connectivity index (χ0n) is 13.0. The van der Waals surface area contributed by atoms with E-state index in [1.54, 1.807) is 14.2 Å². The van der Waals surface area contributed by atoms with Crippen molar-refractivity contribution in [3.63, 3.8) is 0 Å². The van der Waals surface area contributed by atoms with E-state index in [2.05, 4.69) is 45.0 Å². The van der Waals surface area contributed by atoms with Gasteiger partial charge in [0.2, 0.25) is 0 Å². The van der Waals surface area contributed by atoms with E-state index in [9.17, 15) is 0 Å². The Morgan fingerprint density at radius 1 is 1.05 bits per heavy atom. The Hall–Kier alpha value is -0.643. The molecule has 0 bridgehead atoms. The maximum Gasteiger partial charge on any atom is 0.384 e. The van der Waals surface area contributed by atoms with Crippen molar-refractivity contribution in [3.05, 3.63) is 35.4 Å². The molecule has 0 spiro atoms. The molecular weight excluding hydrogens is 252 g/mol. The summed E-state index contributed by atoms with van der Waals surface area (Å²) in [6.07, 6.45) is 3.37. The van der Waals surface area contributed by atoms with Crippen LogP contribution in [0, 0.1) is 5.41 Å². The lowest BCUT2D eigenvalue weighted by atomic mass is 9.82. The van der Waals surface area contributed by atoms with E-state index in [0.717, 1.165) is 25.3 Å². The number of benzene rings is 1. The molecule has 107 valence electrons. The molecule has 0 heterocycles. The Balaban J connectivity index is 2.63. The lowest BCUT2D eigenvalue weighted by Crippen LogP contribution is -2.24. The van der Waals surface area contributed by atoms with Gasteiger partial charge in [0.1, 0.15) is 0 Å². The molecule has 1 aromatic rings. The molecule has 2 nitrogen and oxygen atoms in total. The van der Waals surface area contributed by atoms with Gasteiger partial charge >= 0.3 is 9.28 Å². The highest BCUT2D eigenvalue weighted by atomic mass is 28.3. The van der Waals surface area contributed by atoms with Crippen LogP contribution in [-0.2, 0) is 21.7 Å². The van der Waals surface area contributed by atoms with E-state index in [-0.39, 0.29) is 5.41 Å². The van der Waals surface area contributed by atoms with Gasteiger partial charge in [-0.05, 0) is 41.8 Å². The van der Waals surface area contributed by atoms with Crippen LogP contribution in [0.15, 0.2) is 24.3 Å². The van der Waals surface area contributed by atoms with Gasteiger partial charge in [-0.25, -0.2) is 0 Å². The first-order valence-electron chi connectivity index (χ1n) is 7.03. The summed E-state index contributed by atoms with van der Waals surface area (Å²) < 4.78 is 10.7. The molecule has 1 radical (unpaired) electrons. The zero-order chi connectivity index (χ0) is 14.3. The summed E-state index contributed by atoms with van der Waals surface area (Å²) in [6.45, 7) is 6.90. The van der Waals surface area contributed by atoms with Crippen LogP contribution in [0.2, 0.25) is 6.04 Å². The van der Waals surface area contributed by atoms with Crippen molar-refractivity contribution in [2.24, 2.45) is 5.41 Å². The third-order valence-electron chi connectivity index (χ3n) is 3.63.